The van der Waals surface area contributed by atoms with Crippen LogP contribution >= 0.6 is 23.2 Å². The molecule has 2 aromatic carbocycles. The topological polar surface area (TPSA) is 66.4 Å². The molecule has 2 aromatic rings. The number of carboxylic acids is 1. The molecule has 1 atom stereocenters. The van der Waals surface area contributed by atoms with Gasteiger partial charge >= 0.3 is 18.3 Å². The fourth-order valence-corrected chi connectivity index (χ4v) is 2.92. The minimum atomic E-state index is -5.04. The third kappa shape index (κ3) is 5.79. The third-order valence-corrected chi connectivity index (χ3v) is 4.50. The molecule has 0 bridgehead atoms. The highest BCUT2D eigenvalue weighted by Gasteiger charge is 2.38. The maximum absolute atomic E-state index is 13.2. The van der Waals surface area contributed by atoms with Gasteiger partial charge in [-0.3, -0.25) is 4.79 Å². The van der Waals surface area contributed by atoms with Gasteiger partial charge in [-0.1, -0.05) is 23.2 Å². The van der Waals surface area contributed by atoms with Crippen LogP contribution in [0.3, 0.4) is 0 Å². The Morgan fingerprint density at radius 2 is 1.60 bits per heavy atom. The lowest BCUT2D eigenvalue weighted by atomic mass is 9.96. The van der Waals surface area contributed by atoms with Crippen LogP contribution in [0.25, 0.3) is 0 Å². The maximum Gasteiger partial charge on any atom is 0.416 e. The summed E-state index contributed by atoms with van der Waals surface area (Å²) in [6.45, 7) is 0. The number of carbonyl (C=O) groups is 2. The van der Waals surface area contributed by atoms with E-state index in [9.17, 15) is 41.0 Å². The summed E-state index contributed by atoms with van der Waals surface area (Å²) in [5.41, 5.74) is -4.03. The molecular formula is C18H11Cl2F6NO3. The van der Waals surface area contributed by atoms with Crippen LogP contribution in [0, 0.1) is 0 Å². The van der Waals surface area contributed by atoms with Crippen molar-refractivity contribution in [2.75, 3.05) is 0 Å². The fourth-order valence-electron chi connectivity index (χ4n) is 2.54. The highest BCUT2D eigenvalue weighted by atomic mass is 35.5. The predicted molar refractivity (Wildman–Crippen MR) is 95.5 cm³/mol. The normalized spacial score (nSPS) is 13.1. The lowest BCUT2D eigenvalue weighted by molar-refractivity contribution is -0.142. The summed E-state index contributed by atoms with van der Waals surface area (Å²) in [4.78, 5) is 23.8. The first-order valence-corrected chi connectivity index (χ1v) is 8.71. The molecule has 2 N–H and O–H groups in total. The summed E-state index contributed by atoms with van der Waals surface area (Å²) in [6, 6.07) is 2.37. The average molecular weight is 474 g/mol. The second-order valence-corrected chi connectivity index (χ2v) is 6.90. The molecule has 0 radical (unpaired) electrons. The van der Waals surface area contributed by atoms with E-state index in [1.165, 1.54) is 12.1 Å². The summed E-state index contributed by atoms with van der Waals surface area (Å²) in [7, 11) is 0. The van der Waals surface area contributed by atoms with Crippen LogP contribution in [0.2, 0.25) is 10.0 Å². The van der Waals surface area contributed by atoms with E-state index in [0.717, 1.165) is 6.07 Å². The second kappa shape index (κ2) is 8.73. The van der Waals surface area contributed by atoms with Gasteiger partial charge in [-0.15, -0.1) is 0 Å². The van der Waals surface area contributed by atoms with Gasteiger partial charge in [0.05, 0.1) is 21.7 Å². The number of carbonyl (C=O) groups excluding carboxylic acids is 1. The molecule has 30 heavy (non-hydrogen) atoms. The van der Waals surface area contributed by atoms with E-state index < -0.39 is 53.4 Å². The molecule has 0 spiro atoms. The highest BCUT2D eigenvalue weighted by molar-refractivity contribution is 6.35. The van der Waals surface area contributed by atoms with Gasteiger partial charge < -0.3 is 10.4 Å². The lowest BCUT2D eigenvalue weighted by Crippen LogP contribution is -2.42. The second-order valence-electron chi connectivity index (χ2n) is 6.06. The molecule has 0 heterocycles. The molecule has 162 valence electrons. The monoisotopic (exact) mass is 473 g/mol. The number of hydrogen-bond acceptors (Lipinski definition) is 2. The molecule has 1 amide bonds. The number of benzene rings is 2. The third-order valence-electron chi connectivity index (χ3n) is 3.94. The number of halogens is 8. The standard InChI is InChI=1S/C18H11Cl2F6NO3/c19-10-2-4-13(20)11(7-10)15(28)27-14(16(29)30)6-8-5-9(17(21,22)23)1-3-12(8)18(24,25)26/h1-5,7,14H,6H2,(H,27,28)(H,29,30)/t14-/m0/s1. The minimum absolute atomic E-state index is 0.0775. The van der Waals surface area contributed by atoms with Crippen molar-refractivity contribution in [3.05, 3.63) is 68.7 Å². The molecular weight excluding hydrogens is 463 g/mol. The first-order chi connectivity index (χ1) is 13.7. The Bertz CT molecular complexity index is 975. The van der Waals surface area contributed by atoms with E-state index in [-0.39, 0.29) is 33.8 Å². The van der Waals surface area contributed by atoms with Gasteiger partial charge in [0.15, 0.2) is 0 Å². The zero-order valence-electron chi connectivity index (χ0n) is 14.5. The van der Waals surface area contributed by atoms with Gasteiger partial charge in [0.25, 0.3) is 5.91 Å². The smallest absolute Gasteiger partial charge is 0.416 e. The predicted octanol–water partition coefficient (Wildman–Crippen LogP) is 5.46. The zero-order chi connectivity index (χ0) is 22.9. The molecule has 0 aliphatic heterocycles. The molecule has 12 heteroatoms. The van der Waals surface area contributed by atoms with Gasteiger partial charge in [-0.2, -0.15) is 26.3 Å². The molecule has 2 rings (SSSR count). The number of aliphatic carboxylic acids is 1. The first-order valence-electron chi connectivity index (χ1n) is 7.96. The molecule has 4 nitrogen and oxygen atoms in total. The summed E-state index contributed by atoms with van der Waals surface area (Å²) >= 11 is 11.6. The van der Waals surface area contributed by atoms with Crippen molar-refractivity contribution in [2.24, 2.45) is 0 Å². The Hall–Kier alpha value is -2.46. The Morgan fingerprint density at radius 1 is 0.967 bits per heavy atom. The van der Waals surface area contributed by atoms with Crippen molar-refractivity contribution in [3.8, 4) is 0 Å². The van der Waals surface area contributed by atoms with Crippen molar-refractivity contribution < 1.29 is 41.0 Å². The summed E-state index contributed by atoms with van der Waals surface area (Å²) in [6.07, 6.45) is -11.0. The molecule has 0 aromatic heterocycles. The van der Waals surface area contributed by atoms with E-state index >= 15 is 0 Å². The van der Waals surface area contributed by atoms with Crippen molar-refractivity contribution >= 4 is 35.1 Å². The number of alkyl halides is 6. The van der Waals surface area contributed by atoms with E-state index in [4.69, 9.17) is 23.2 Å². The van der Waals surface area contributed by atoms with Gasteiger partial charge in [0.2, 0.25) is 0 Å². The summed E-state index contributed by atoms with van der Waals surface area (Å²) in [5, 5.41) is 11.2. The molecule has 0 saturated carbocycles. The number of rotatable bonds is 5. The minimum Gasteiger partial charge on any atom is -0.480 e. The van der Waals surface area contributed by atoms with Crippen LogP contribution in [0.1, 0.15) is 27.0 Å². The highest BCUT2D eigenvalue weighted by Crippen LogP contribution is 2.37. The first kappa shape index (κ1) is 23.8. The summed E-state index contributed by atoms with van der Waals surface area (Å²) < 4.78 is 78.3. The molecule has 0 fully saturated rings. The van der Waals surface area contributed by atoms with Gasteiger partial charge in [0, 0.05) is 11.4 Å². The largest absolute Gasteiger partial charge is 0.480 e. The maximum atomic E-state index is 13.2. The Morgan fingerprint density at radius 3 is 2.13 bits per heavy atom. The van der Waals surface area contributed by atoms with Crippen LogP contribution < -0.4 is 5.32 Å². The zero-order valence-corrected chi connectivity index (χ0v) is 16.0. The Balaban J connectivity index is 2.41. The van der Waals surface area contributed by atoms with Gasteiger partial charge in [-0.05, 0) is 42.0 Å². The van der Waals surface area contributed by atoms with E-state index in [1.807, 2.05) is 5.32 Å². The molecule has 0 aliphatic carbocycles. The molecule has 0 saturated heterocycles. The van der Waals surface area contributed by atoms with Crippen molar-refractivity contribution in [3.63, 3.8) is 0 Å². The van der Waals surface area contributed by atoms with Gasteiger partial charge in [-0.25, -0.2) is 4.79 Å². The summed E-state index contributed by atoms with van der Waals surface area (Å²) in [5.74, 6) is -2.83. The van der Waals surface area contributed by atoms with E-state index in [2.05, 4.69) is 0 Å². The van der Waals surface area contributed by atoms with E-state index in [0.29, 0.717) is 0 Å². The van der Waals surface area contributed by atoms with Crippen molar-refractivity contribution in [2.45, 2.75) is 24.8 Å². The van der Waals surface area contributed by atoms with Crippen molar-refractivity contribution in [1.82, 2.24) is 5.32 Å². The quantitative estimate of drug-likeness (QED) is 0.567. The number of carboxylic acid groups (broad SMARTS) is 1. The van der Waals surface area contributed by atoms with E-state index in [1.54, 1.807) is 0 Å². The fraction of sp³-hybridized carbons (Fsp3) is 0.222. The van der Waals surface area contributed by atoms with Gasteiger partial charge in [0.1, 0.15) is 6.04 Å². The van der Waals surface area contributed by atoms with Crippen LogP contribution in [0.5, 0.6) is 0 Å². The van der Waals surface area contributed by atoms with Crippen LogP contribution in [0.4, 0.5) is 26.3 Å². The number of nitrogens with one attached hydrogen (secondary N) is 1. The number of hydrogen-bond donors (Lipinski definition) is 2. The number of amides is 1. The Labute approximate surface area is 175 Å². The lowest BCUT2D eigenvalue weighted by Gasteiger charge is -2.20. The van der Waals surface area contributed by atoms with Crippen LogP contribution in [-0.4, -0.2) is 23.0 Å². The Kier molecular flexibility index (Phi) is 6.93. The van der Waals surface area contributed by atoms with Crippen LogP contribution in [-0.2, 0) is 23.6 Å². The SMILES string of the molecule is O=C(N[C@@H](Cc1cc(C(F)(F)F)ccc1C(F)(F)F)C(=O)O)c1cc(Cl)ccc1Cl. The molecule has 0 aliphatic rings. The van der Waals surface area contributed by atoms with Crippen molar-refractivity contribution in [1.29, 1.82) is 0 Å². The van der Waals surface area contributed by atoms with Crippen LogP contribution in [0.15, 0.2) is 36.4 Å². The molecule has 0 unspecified atom stereocenters. The average Bonchev–Trinajstić information content (AvgIpc) is 2.61.